The summed E-state index contributed by atoms with van der Waals surface area (Å²) in [6, 6.07) is 16.4. The summed E-state index contributed by atoms with van der Waals surface area (Å²) >= 11 is 6.11. The van der Waals surface area contributed by atoms with E-state index in [9.17, 15) is 4.79 Å². The SMILES string of the molecule is CN[C@H](CNC(=O)c1[c]cccc1-c1cccc(Cl)c1)C[C@H]1CCCOC1. The molecule has 1 fully saturated rings. The summed E-state index contributed by atoms with van der Waals surface area (Å²) in [7, 11) is 1.94. The number of carbonyl (C=O) groups is 1. The molecule has 2 aromatic rings. The molecule has 2 atom stereocenters. The van der Waals surface area contributed by atoms with Gasteiger partial charge in [-0.15, -0.1) is 0 Å². The Morgan fingerprint density at radius 1 is 1.37 bits per heavy atom. The summed E-state index contributed by atoms with van der Waals surface area (Å²) in [5, 5.41) is 7.02. The molecule has 0 bridgehead atoms. The molecule has 1 aliphatic heterocycles. The maximum absolute atomic E-state index is 12.8. The molecule has 1 amide bonds. The Balaban J connectivity index is 1.65. The zero-order valence-corrected chi connectivity index (χ0v) is 16.4. The van der Waals surface area contributed by atoms with Crippen LogP contribution in [0.25, 0.3) is 11.1 Å². The molecule has 27 heavy (non-hydrogen) atoms. The minimum absolute atomic E-state index is 0.120. The molecule has 2 aromatic carbocycles. The number of benzene rings is 2. The van der Waals surface area contributed by atoms with Crippen molar-refractivity contribution in [3.8, 4) is 11.1 Å². The molecule has 0 aliphatic carbocycles. The molecule has 4 nitrogen and oxygen atoms in total. The van der Waals surface area contributed by atoms with Gasteiger partial charge < -0.3 is 15.4 Å². The standard InChI is InChI=1S/C22H26ClN2O2/c1-24-19(12-16-6-5-11-27-15-16)14-25-22(26)21-10-3-2-9-20(21)17-7-4-8-18(23)13-17/h2-4,7-9,13,16,19,24H,5-6,11-12,14-15H2,1H3,(H,25,26)/t16-,19+/m1/s1. The van der Waals surface area contributed by atoms with Crippen LogP contribution in [0, 0.1) is 12.0 Å². The first-order valence-corrected chi connectivity index (χ1v) is 9.85. The average molecular weight is 386 g/mol. The number of hydrogen-bond donors (Lipinski definition) is 2. The third-order valence-electron chi connectivity index (χ3n) is 5.01. The predicted molar refractivity (Wildman–Crippen MR) is 109 cm³/mol. The number of amides is 1. The fourth-order valence-corrected chi connectivity index (χ4v) is 3.71. The second kappa shape index (κ2) is 9.88. The summed E-state index contributed by atoms with van der Waals surface area (Å²) in [5.41, 5.74) is 2.28. The van der Waals surface area contributed by atoms with Gasteiger partial charge in [-0.05, 0) is 61.6 Å². The summed E-state index contributed by atoms with van der Waals surface area (Å²) in [5.74, 6) is 0.434. The lowest BCUT2D eigenvalue weighted by Gasteiger charge is -2.26. The van der Waals surface area contributed by atoms with Gasteiger partial charge in [0.15, 0.2) is 0 Å². The van der Waals surface area contributed by atoms with E-state index in [1.165, 1.54) is 6.42 Å². The minimum Gasteiger partial charge on any atom is -0.381 e. The average Bonchev–Trinajstić information content (AvgIpc) is 2.71. The van der Waals surface area contributed by atoms with Gasteiger partial charge in [-0.1, -0.05) is 41.9 Å². The smallest absolute Gasteiger partial charge is 0.252 e. The van der Waals surface area contributed by atoms with Gasteiger partial charge >= 0.3 is 0 Å². The van der Waals surface area contributed by atoms with Crippen LogP contribution in [0.5, 0.6) is 0 Å². The highest BCUT2D eigenvalue weighted by Gasteiger charge is 2.20. The van der Waals surface area contributed by atoms with E-state index in [-0.39, 0.29) is 11.9 Å². The molecule has 143 valence electrons. The van der Waals surface area contributed by atoms with Gasteiger partial charge in [0.1, 0.15) is 0 Å². The van der Waals surface area contributed by atoms with E-state index in [1.807, 2.05) is 43.4 Å². The van der Waals surface area contributed by atoms with Crippen LogP contribution < -0.4 is 10.6 Å². The van der Waals surface area contributed by atoms with Gasteiger partial charge in [0.25, 0.3) is 5.91 Å². The summed E-state index contributed by atoms with van der Waals surface area (Å²) in [4.78, 5) is 12.8. The van der Waals surface area contributed by atoms with Gasteiger partial charge in [-0.3, -0.25) is 4.79 Å². The predicted octanol–water partition coefficient (Wildman–Crippen LogP) is 3.94. The zero-order chi connectivity index (χ0) is 19.1. The minimum atomic E-state index is -0.120. The number of likely N-dealkylation sites (N-methyl/N-ethyl adjacent to an activating group) is 1. The van der Waals surface area contributed by atoms with E-state index in [2.05, 4.69) is 16.7 Å². The maximum Gasteiger partial charge on any atom is 0.252 e. The zero-order valence-electron chi connectivity index (χ0n) is 15.6. The topological polar surface area (TPSA) is 50.4 Å². The van der Waals surface area contributed by atoms with Crippen LogP contribution in [-0.2, 0) is 4.74 Å². The lowest BCUT2D eigenvalue weighted by Crippen LogP contribution is -2.41. The molecule has 3 rings (SSSR count). The van der Waals surface area contributed by atoms with Gasteiger partial charge in [0.2, 0.25) is 0 Å². The van der Waals surface area contributed by atoms with E-state index < -0.39 is 0 Å². The van der Waals surface area contributed by atoms with Crippen LogP contribution in [-0.4, -0.2) is 38.8 Å². The number of halogens is 1. The molecule has 2 N–H and O–H groups in total. The van der Waals surface area contributed by atoms with Crippen LogP contribution >= 0.6 is 11.6 Å². The Kier molecular flexibility index (Phi) is 7.27. The lowest BCUT2D eigenvalue weighted by atomic mass is 9.94. The lowest BCUT2D eigenvalue weighted by molar-refractivity contribution is 0.0478. The van der Waals surface area contributed by atoms with E-state index in [0.29, 0.717) is 23.0 Å². The van der Waals surface area contributed by atoms with Gasteiger partial charge in [0.05, 0.1) is 5.56 Å². The van der Waals surface area contributed by atoms with Crippen molar-refractivity contribution in [3.05, 3.63) is 59.1 Å². The second-order valence-electron chi connectivity index (χ2n) is 6.98. The van der Waals surface area contributed by atoms with Crippen molar-refractivity contribution in [1.82, 2.24) is 10.6 Å². The van der Waals surface area contributed by atoms with E-state index in [0.717, 1.165) is 37.2 Å². The first-order chi connectivity index (χ1) is 13.2. The van der Waals surface area contributed by atoms with Crippen molar-refractivity contribution in [2.75, 3.05) is 26.8 Å². The van der Waals surface area contributed by atoms with Crippen molar-refractivity contribution < 1.29 is 9.53 Å². The molecule has 0 aromatic heterocycles. The quantitative estimate of drug-likeness (QED) is 0.758. The molecule has 1 heterocycles. The van der Waals surface area contributed by atoms with E-state index in [4.69, 9.17) is 16.3 Å². The largest absolute Gasteiger partial charge is 0.381 e. The summed E-state index contributed by atoms with van der Waals surface area (Å²) < 4.78 is 5.57. The fraction of sp³-hybridized carbons (Fsp3) is 0.409. The van der Waals surface area contributed by atoms with Crippen molar-refractivity contribution >= 4 is 17.5 Å². The van der Waals surface area contributed by atoms with Crippen molar-refractivity contribution in [3.63, 3.8) is 0 Å². The van der Waals surface area contributed by atoms with Crippen LogP contribution in [0.3, 0.4) is 0 Å². The molecule has 5 heteroatoms. The normalized spacial score (nSPS) is 18.1. The van der Waals surface area contributed by atoms with Gasteiger partial charge in [-0.25, -0.2) is 0 Å². The van der Waals surface area contributed by atoms with Crippen molar-refractivity contribution in [2.45, 2.75) is 25.3 Å². The number of carbonyl (C=O) groups excluding carboxylic acids is 1. The van der Waals surface area contributed by atoms with Gasteiger partial charge in [0, 0.05) is 30.8 Å². The maximum atomic E-state index is 12.8. The Morgan fingerprint density at radius 2 is 2.26 bits per heavy atom. The third kappa shape index (κ3) is 5.55. The highest BCUT2D eigenvalue weighted by molar-refractivity contribution is 6.30. The van der Waals surface area contributed by atoms with Crippen molar-refractivity contribution in [2.24, 2.45) is 5.92 Å². The van der Waals surface area contributed by atoms with Crippen LogP contribution in [0.2, 0.25) is 5.02 Å². The molecular formula is C22H26ClN2O2. The third-order valence-corrected chi connectivity index (χ3v) is 5.24. The molecule has 0 saturated carbocycles. The van der Waals surface area contributed by atoms with E-state index in [1.54, 1.807) is 6.07 Å². The Morgan fingerprint density at radius 3 is 3.00 bits per heavy atom. The first kappa shape index (κ1) is 19.9. The molecule has 0 unspecified atom stereocenters. The highest BCUT2D eigenvalue weighted by Crippen LogP contribution is 2.26. The highest BCUT2D eigenvalue weighted by atomic mass is 35.5. The number of ether oxygens (including phenoxy) is 1. The van der Waals surface area contributed by atoms with Crippen LogP contribution in [0.1, 0.15) is 29.6 Å². The number of rotatable bonds is 7. The summed E-state index contributed by atoms with van der Waals surface area (Å²) in [6.45, 7) is 2.26. The number of hydrogen-bond acceptors (Lipinski definition) is 3. The Bertz CT molecular complexity index is 759. The monoisotopic (exact) mass is 385 g/mol. The number of nitrogens with one attached hydrogen (secondary N) is 2. The van der Waals surface area contributed by atoms with Crippen LogP contribution in [0.15, 0.2) is 42.5 Å². The van der Waals surface area contributed by atoms with Gasteiger partial charge in [-0.2, -0.15) is 0 Å². The molecule has 1 aliphatic rings. The molecular weight excluding hydrogens is 360 g/mol. The fourth-order valence-electron chi connectivity index (χ4n) is 3.52. The van der Waals surface area contributed by atoms with E-state index >= 15 is 0 Å². The first-order valence-electron chi connectivity index (χ1n) is 9.47. The molecule has 0 spiro atoms. The molecule has 1 radical (unpaired) electrons. The van der Waals surface area contributed by atoms with Crippen LogP contribution in [0.4, 0.5) is 0 Å². The molecule has 1 saturated heterocycles. The Labute approximate surface area is 166 Å². The Hall–Kier alpha value is -1.88. The summed E-state index contributed by atoms with van der Waals surface area (Å²) in [6.07, 6.45) is 3.31. The van der Waals surface area contributed by atoms with Crippen molar-refractivity contribution in [1.29, 1.82) is 0 Å². The second-order valence-corrected chi connectivity index (χ2v) is 7.42.